The summed E-state index contributed by atoms with van der Waals surface area (Å²) in [5.74, 6) is 0.822. The van der Waals surface area contributed by atoms with Crippen LogP contribution in [0.3, 0.4) is 0 Å². The number of nitrogens with one attached hydrogen (secondary N) is 2. The minimum absolute atomic E-state index is 0.153. The Morgan fingerprint density at radius 3 is 2.48 bits per heavy atom. The van der Waals surface area contributed by atoms with Crippen LogP contribution in [0.4, 0.5) is 0 Å². The van der Waals surface area contributed by atoms with Crippen molar-refractivity contribution in [3.8, 4) is 0 Å². The molecule has 21 heavy (non-hydrogen) atoms. The van der Waals surface area contributed by atoms with Crippen molar-refractivity contribution in [3.63, 3.8) is 0 Å². The van der Waals surface area contributed by atoms with Crippen LogP contribution >= 0.6 is 0 Å². The van der Waals surface area contributed by atoms with E-state index in [0.29, 0.717) is 31.1 Å². The number of ether oxygens (including phenoxy) is 1. The van der Waals surface area contributed by atoms with E-state index in [1.165, 1.54) is 38.5 Å². The van der Waals surface area contributed by atoms with Gasteiger partial charge in [-0.25, -0.2) is 0 Å². The standard InChI is InChI=1S/C17H32N2O2/c1-14(15-6-4-2-3-5-7-15)19-17(20)10-13-21-16-8-11-18-12-9-16/h14-16,18H,2-13H2,1H3,(H,19,20)/t14-/m1/s1. The van der Waals surface area contributed by atoms with Crippen LogP contribution < -0.4 is 10.6 Å². The minimum atomic E-state index is 0.153. The van der Waals surface area contributed by atoms with Crippen LogP contribution in [0.5, 0.6) is 0 Å². The topological polar surface area (TPSA) is 50.4 Å². The predicted octanol–water partition coefficient (Wildman–Crippen LogP) is 2.62. The third-order valence-corrected chi connectivity index (χ3v) is 4.96. The van der Waals surface area contributed by atoms with E-state index in [9.17, 15) is 4.79 Å². The highest BCUT2D eigenvalue weighted by atomic mass is 16.5. The second kappa shape index (κ2) is 9.42. The maximum Gasteiger partial charge on any atom is 0.222 e. The van der Waals surface area contributed by atoms with Gasteiger partial charge in [0.05, 0.1) is 12.7 Å². The number of carbonyl (C=O) groups is 1. The average Bonchev–Trinajstić information content (AvgIpc) is 2.77. The molecule has 2 aliphatic rings. The Morgan fingerprint density at radius 1 is 1.14 bits per heavy atom. The number of carbonyl (C=O) groups excluding carboxylic acids is 1. The van der Waals surface area contributed by atoms with Gasteiger partial charge in [0, 0.05) is 12.5 Å². The lowest BCUT2D eigenvalue weighted by Crippen LogP contribution is -2.39. The summed E-state index contributed by atoms with van der Waals surface area (Å²) in [5.41, 5.74) is 0. The highest BCUT2D eigenvalue weighted by Crippen LogP contribution is 2.25. The van der Waals surface area contributed by atoms with E-state index in [4.69, 9.17) is 4.74 Å². The zero-order valence-corrected chi connectivity index (χ0v) is 13.5. The Balaban J connectivity index is 1.59. The lowest BCUT2D eigenvalue weighted by atomic mass is 9.93. The van der Waals surface area contributed by atoms with E-state index in [1.807, 2.05) is 0 Å². The third-order valence-electron chi connectivity index (χ3n) is 4.96. The Hall–Kier alpha value is -0.610. The van der Waals surface area contributed by atoms with Crippen LogP contribution in [0.15, 0.2) is 0 Å². The first kappa shape index (κ1) is 16.8. The molecule has 1 heterocycles. The molecule has 0 aromatic rings. The van der Waals surface area contributed by atoms with E-state index in [0.717, 1.165) is 25.9 Å². The van der Waals surface area contributed by atoms with Crippen molar-refractivity contribution < 1.29 is 9.53 Å². The van der Waals surface area contributed by atoms with Gasteiger partial charge < -0.3 is 15.4 Å². The summed E-state index contributed by atoms with van der Waals surface area (Å²) >= 11 is 0. The number of hydrogen-bond donors (Lipinski definition) is 2. The Morgan fingerprint density at radius 2 is 1.81 bits per heavy atom. The zero-order chi connectivity index (χ0) is 14.9. The van der Waals surface area contributed by atoms with E-state index in [-0.39, 0.29) is 5.91 Å². The molecular weight excluding hydrogens is 264 g/mol. The summed E-state index contributed by atoms with van der Waals surface area (Å²) in [7, 11) is 0. The number of rotatable bonds is 6. The van der Waals surface area contributed by atoms with Crippen molar-refractivity contribution in [2.45, 2.75) is 76.9 Å². The van der Waals surface area contributed by atoms with E-state index >= 15 is 0 Å². The SMILES string of the molecule is C[C@@H](NC(=O)CCOC1CCNCC1)C1CCCCCC1. The number of amides is 1. The summed E-state index contributed by atoms with van der Waals surface area (Å²) < 4.78 is 5.80. The third kappa shape index (κ3) is 6.35. The zero-order valence-electron chi connectivity index (χ0n) is 13.5. The van der Waals surface area contributed by atoms with Crippen molar-refractivity contribution in [3.05, 3.63) is 0 Å². The van der Waals surface area contributed by atoms with Crippen molar-refractivity contribution >= 4 is 5.91 Å². The average molecular weight is 296 g/mol. The van der Waals surface area contributed by atoms with Gasteiger partial charge in [0.15, 0.2) is 0 Å². The lowest BCUT2D eigenvalue weighted by molar-refractivity contribution is -0.123. The van der Waals surface area contributed by atoms with Crippen LogP contribution in [0.1, 0.15) is 64.7 Å². The van der Waals surface area contributed by atoms with Crippen molar-refractivity contribution in [2.24, 2.45) is 5.92 Å². The van der Waals surface area contributed by atoms with Gasteiger partial charge in [-0.2, -0.15) is 0 Å². The molecule has 0 spiro atoms. The molecule has 0 aromatic carbocycles. The lowest BCUT2D eigenvalue weighted by Gasteiger charge is -2.25. The number of hydrogen-bond acceptors (Lipinski definition) is 3. The Labute approximate surface area is 129 Å². The molecule has 4 heteroatoms. The van der Waals surface area contributed by atoms with Crippen LogP contribution in [-0.2, 0) is 9.53 Å². The van der Waals surface area contributed by atoms with E-state index in [2.05, 4.69) is 17.6 Å². The van der Waals surface area contributed by atoms with Gasteiger partial charge in [0.25, 0.3) is 0 Å². The molecule has 0 aromatic heterocycles. The van der Waals surface area contributed by atoms with Crippen LogP contribution in [0, 0.1) is 5.92 Å². The number of piperidine rings is 1. The van der Waals surface area contributed by atoms with E-state index < -0.39 is 0 Å². The summed E-state index contributed by atoms with van der Waals surface area (Å²) in [6.07, 6.45) is 10.9. The summed E-state index contributed by atoms with van der Waals surface area (Å²) in [4.78, 5) is 12.0. The molecule has 1 atom stereocenters. The monoisotopic (exact) mass is 296 g/mol. The summed E-state index contributed by atoms with van der Waals surface area (Å²) in [6.45, 7) is 4.81. The fourth-order valence-electron chi connectivity index (χ4n) is 3.54. The predicted molar refractivity (Wildman–Crippen MR) is 85.3 cm³/mol. The quantitative estimate of drug-likeness (QED) is 0.741. The minimum Gasteiger partial charge on any atom is -0.378 e. The molecule has 1 aliphatic heterocycles. The van der Waals surface area contributed by atoms with Crippen LogP contribution in [0.2, 0.25) is 0 Å². The fourth-order valence-corrected chi connectivity index (χ4v) is 3.54. The largest absolute Gasteiger partial charge is 0.378 e. The molecule has 2 N–H and O–H groups in total. The van der Waals surface area contributed by atoms with Gasteiger partial charge in [-0.15, -0.1) is 0 Å². The molecule has 122 valence electrons. The summed E-state index contributed by atoms with van der Waals surface area (Å²) in [5, 5.41) is 6.51. The molecule has 0 bridgehead atoms. The van der Waals surface area contributed by atoms with E-state index in [1.54, 1.807) is 0 Å². The first-order valence-corrected chi connectivity index (χ1v) is 8.87. The van der Waals surface area contributed by atoms with Gasteiger partial charge in [0.1, 0.15) is 0 Å². The highest BCUT2D eigenvalue weighted by molar-refractivity contribution is 5.76. The van der Waals surface area contributed by atoms with Crippen LogP contribution in [-0.4, -0.2) is 37.7 Å². The maximum absolute atomic E-state index is 12.0. The van der Waals surface area contributed by atoms with Gasteiger partial charge in [-0.3, -0.25) is 4.79 Å². The molecule has 2 rings (SSSR count). The molecule has 2 fully saturated rings. The molecule has 1 saturated heterocycles. The first-order valence-electron chi connectivity index (χ1n) is 8.87. The molecule has 1 amide bonds. The fraction of sp³-hybridized carbons (Fsp3) is 0.941. The first-order chi connectivity index (χ1) is 10.3. The second-order valence-corrected chi connectivity index (χ2v) is 6.68. The van der Waals surface area contributed by atoms with Gasteiger partial charge in [0.2, 0.25) is 5.91 Å². The Bertz CT molecular complexity index is 295. The van der Waals surface area contributed by atoms with Crippen molar-refractivity contribution in [2.75, 3.05) is 19.7 Å². The molecular formula is C17H32N2O2. The van der Waals surface area contributed by atoms with Gasteiger partial charge in [-0.05, 0) is 51.6 Å². The molecule has 4 nitrogen and oxygen atoms in total. The maximum atomic E-state index is 12.0. The van der Waals surface area contributed by atoms with Gasteiger partial charge >= 0.3 is 0 Å². The van der Waals surface area contributed by atoms with Crippen molar-refractivity contribution in [1.29, 1.82) is 0 Å². The second-order valence-electron chi connectivity index (χ2n) is 6.68. The van der Waals surface area contributed by atoms with Crippen molar-refractivity contribution in [1.82, 2.24) is 10.6 Å². The smallest absolute Gasteiger partial charge is 0.222 e. The Kier molecular flexibility index (Phi) is 7.51. The van der Waals surface area contributed by atoms with Gasteiger partial charge in [-0.1, -0.05) is 25.7 Å². The normalized spacial score (nSPS) is 23.5. The summed E-state index contributed by atoms with van der Waals surface area (Å²) in [6, 6.07) is 0.314. The molecule has 1 saturated carbocycles. The molecule has 0 unspecified atom stereocenters. The molecule has 0 radical (unpaired) electrons. The van der Waals surface area contributed by atoms with Crippen LogP contribution in [0.25, 0.3) is 0 Å². The molecule has 1 aliphatic carbocycles. The highest BCUT2D eigenvalue weighted by Gasteiger charge is 2.20.